The number of aromatic nitrogens is 2. The van der Waals surface area contributed by atoms with E-state index in [1.165, 1.54) is 17.7 Å². The molecule has 0 spiro atoms. The summed E-state index contributed by atoms with van der Waals surface area (Å²) in [7, 11) is 0. The van der Waals surface area contributed by atoms with E-state index >= 15 is 0 Å². The average molecular weight is 423 g/mol. The summed E-state index contributed by atoms with van der Waals surface area (Å²) < 4.78 is 20.4. The molecule has 30 heavy (non-hydrogen) atoms. The van der Waals surface area contributed by atoms with E-state index in [9.17, 15) is 9.65 Å². The summed E-state index contributed by atoms with van der Waals surface area (Å²) in [4.78, 5) is 0. The van der Waals surface area contributed by atoms with E-state index < -0.39 is 11.7 Å². The summed E-state index contributed by atoms with van der Waals surface area (Å²) in [5.74, 6) is -0.725. The Labute approximate surface area is 178 Å². The van der Waals surface area contributed by atoms with Crippen molar-refractivity contribution in [2.24, 2.45) is 11.7 Å². The molecule has 2 heterocycles. The third kappa shape index (κ3) is 3.42. The number of nitrogens with one attached hydrogen (secondary N) is 1. The summed E-state index contributed by atoms with van der Waals surface area (Å²) in [5.41, 5.74) is 9.44. The molecule has 3 aromatic rings. The van der Waals surface area contributed by atoms with Crippen LogP contribution in [0.15, 0.2) is 53.9 Å². The molecule has 0 saturated heterocycles. The second kappa shape index (κ2) is 7.85. The lowest BCUT2D eigenvalue weighted by Crippen LogP contribution is -2.21. The van der Waals surface area contributed by atoms with Gasteiger partial charge < -0.3 is 10.5 Å². The van der Waals surface area contributed by atoms with Crippen LogP contribution in [0.1, 0.15) is 36.5 Å². The first kappa shape index (κ1) is 20.0. The molecular formula is C23H20ClFN4O. The van der Waals surface area contributed by atoms with Crippen LogP contribution in [0.5, 0.6) is 5.88 Å². The maximum absolute atomic E-state index is 14.9. The van der Waals surface area contributed by atoms with E-state index in [-0.39, 0.29) is 27.9 Å². The predicted octanol–water partition coefficient (Wildman–Crippen LogP) is 5.29. The van der Waals surface area contributed by atoms with E-state index in [0.717, 1.165) is 12.0 Å². The molecule has 0 amide bonds. The number of nitrogens with two attached hydrogens (primary N) is 1. The number of halogens is 2. The molecule has 1 atom stereocenters. The minimum absolute atomic E-state index is 0.0913. The normalized spacial score (nSPS) is 15.7. The van der Waals surface area contributed by atoms with Gasteiger partial charge in [-0.25, -0.2) is 4.39 Å². The summed E-state index contributed by atoms with van der Waals surface area (Å²) in [6, 6.07) is 14.5. The van der Waals surface area contributed by atoms with Crippen molar-refractivity contribution in [3.63, 3.8) is 0 Å². The second-order valence-electron chi connectivity index (χ2n) is 7.67. The maximum Gasteiger partial charge on any atom is 0.244 e. The van der Waals surface area contributed by atoms with E-state index in [0.29, 0.717) is 17.2 Å². The van der Waals surface area contributed by atoms with E-state index in [2.05, 4.69) is 30.1 Å². The van der Waals surface area contributed by atoms with Gasteiger partial charge in [0.05, 0.1) is 17.2 Å². The Bertz CT molecular complexity index is 1150. The van der Waals surface area contributed by atoms with Gasteiger partial charge in [0.15, 0.2) is 0 Å². The van der Waals surface area contributed by atoms with Gasteiger partial charge in [0.2, 0.25) is 11.8 Å². The van der Waals surface area contributed by atoms with E-state index in [1.54, 1.807) is 6.07 Å². The SMILES string of the molecule is CC(C)Cc1ccc(-c2[nH]nc3c2[C@H](c2c(F)cccc2Cl)C(C#N)=C(N)O3)cc1. The second-order valence-corrected chi connectivity index (χ2v) is 8.08. The van der Waals surface area contributed by atoms with Crippen molar-refractivity contribution < 1.29 is 9.13 Å². The number of nitriles is 1. The van der Waals surface area contributed by atoms with Gasteiger partial charge in [-0.3, -0.25) is 5.10 Å². The van der Waals surface area contributed by atoms with Crippen molar-refractivity contribution in [1.29, 1.82) is 5.26 Å². The molecular weight excluding hydrogens is 403 g/mol. The summed E-state index contributed by atoms with van der Waals surface area (Å²) in [6.45, 7) is 4.33. The highest BCUT2D eigenvalue weighted by molar-refractivity contribution is 6.31. The number of aromatic amines is 1. The van der Waals surface area contributed by atoms with Crippen molar-refractivity contribution in [2.75, 3.05) is 0 Å². The molecule has 5 nitrogen and oxygen atoms in total. The lowest BCUT2D eigenvalue weighted by molar-refractivity contribution is 0.378. The number of fused-ring (bicyclic) bond motifs is 1. The van der Waals surface area contributed by atoms with Crippen molar-refractivity contribution in [3.8, 4) is 23.2 Å². The van der Waals surface area contributed by atoms with Crippen molar-refractivity contribution in [2.45, 2.75) is 26.2 Å². The molecule has 3 N–H and O–H groups in total. The molecule has 0 bridgehead atoms. The van der Waals surface area contributed by atoms with Gasteiger partial charge in [0, 0.05) is 16.1 Å². The number of nitrogens with zero attached hydrogens (tertiary/aromatic N) is 2. The molecule has 0 saturated carbocycles. The number of H-pyrrole nitrogens is 1. The molecule has 2 aromatic carbocycles. The molecule has 1 aliphatic rings. The highest BCUT2D eigenvalue weighted by atomic mass is 35.5. The highest BCUT2D eigenvalue weighted by Gasteiger charge is 2.38. The van der Waals surface area contributed by atoms with Crippen LogP contribution in [0.4, 0.5) is 4.39 Å². The number of allylic oxidation sites excluding steroid dienone is 1. The van der Waals surface area contributed by atoms with E-state index in [1.807, 2.05) is 24.3 Å². The van der Waals surface area contributed by atoms with Gasteiger partial charge in [0.1, 0.15) is 17.5 Å². The molecule has 0 fully saturated rings. The lowest BCUT2D eigenvalue weighted by atomic mass is 9.82. The predicted molar refractivity (Wildman–Crippen MR) is 113 cm³/mol. The highest BCUT2D eigenvalue weighted by Crippen LogP contribution is 2.47. The first-order valence-corrected chi connectivity index (χ1v) is 9.97. The van der Waals surface area contributed by atoms with Gasteiger partial charge in [-0.05, 0) is 30.0 Å². The zero-order chi connectivity index (χ0) is 21.4. The van der Waals surface area contributed by atoms with Crippen LogP contribution in [-0.4, -0.2) is 10.2 Å². The first-order chi connectivity index (χ1) is 14.4. The molecule has 7 heteroatoms. The van der Waals surface area contributed by atoms with Crippen LogP contribution in [0.25, 0.3) is 11.3 Å². The minimum atomic E-state index is -0.837. The quantitative estimate of drug-likeness (QED) is 0.598. The van der Waals surface area contributed by atoms with Crippen molar-refractivity contribution >= 4 is 11.6 Å². The van der Waals surface area contributed by atoms with E-state index in [4.69, 9.17) is 22.1 Å². The maximum atomic E-state index is 14.9. The van der Waals surface area contributed by atoms with Gasteiger partial charge in [-0.1, -0.05) is 55.8 Å². The average Bonchev–Trinajstić information content (AvgIpc) is 3.11. The zero-order valence-corrected chi connectivity index (χ0v) is 17.3. The molecule has 0 radical (unpaired) electrons. The molecule has 152 valence electrons. The van der Waals surface area contributed by atoms with Crippen molar-refractivity contribution in [1.82, 2.24) is 10.2 Å². The van der Waals surface area contributed by atoms with Crippen LogP contribution in [-0.2, 0) is 6.42 Å². The fourth-order valence-corrected chi connectivity index (χ4v) is 4.09. The van der Waals surface area contributed by atoms with Crippen LogP contribution in [0.3, 0.4) is 0 Å². The Kier molecular flexibility index (Phi) is 5.23. The summed E-state index contributed by atoms with van der Waals surface area (Å²) in [6.07, 6.45) is 0.968. The van der Waals surface area contributed by atoms with Crippen LogP contribution >= 0.6 is 11.6 Å². The largest absolute Gasteiger partial charge is 0.420 e. The standard InChI is InChI=1S/C23H20ClFN4O/c1-12(2)10-13-6-8-14(9-7-13)21-20-18(19-16(24)4-3-5-17(19)25)15(11-26)22(27)30-23(20)29-28-21/h3-9,12,18H,10,27H2,1-2H3,(H,28,29)/t18-/m0/s1. The number of hydrogen-bond acceptors (Lipinski definition) is 4. The topological polar surface area (TPSA) is 87.7 Å². The Hall–Kier alpha value is -3.30. The molecule has 0 unspecified atom stereocenters. The molecule has 1 aromatic heterocycles. The fraction of sp³-hybridized carbons (Fsp3) is 0.217. The van der Waals surface area contributed by atoms with Gasteiger partial charge >= 0.3 is 0 Å². The van der Waals surface area contributed by atoms with Gasteiger partial charge in [-0.2, -0.15) is 5.26 Å². The fourth-order valence-electron chi connectivity index (χ4n) is 3.82. The Morgan fingerprint density at radius 3 is 2.60 bits per heavy atom. The third-order valence-corrected chi connectivity index (χ3v) is 5.44. The number of benzene rings is 2. The van der Waals surface area contributed by atoms with Gasteiger partial charge in [-0.15, -0.1) is 5.10 Å². The minimum Gasteiger partial charge on any atom is -0.420 e. The zero-order valence-electron chi connectivity index (χ0n) is 16.5. The number of ether oxygens (including phenoxy) is 1. The number of rotatable bonds is 4. The van der Waals surface area contributed by atoms with Gasteiger partial charge in [0.25, 0.3) is 0 Å². The Morgan fingerprint density at radius 1 is 1.23 bits per heavy atom. The molecule has 4 rings (SSSR count). The number of hydrogen-bond donors (Lipinski definition) is 2. The van der Waals surface area contributed by atoms with Crippen LogP contribution < -0.4 is 10.5 Å². The Balaban J connectivity index is 1.89. The summed E-state index contributed by atoms with van der Waals surface area (Å²) >= 11 is 6.35. The monoisotopic (exact) mass is 422 g/mol. The molecule has 0 aliphatic carbocycles. The van der Waals surface area contributed by atoms with Crippen LogP contribution in [0, 0.1) is 23.1 Å². The third-order valence-electron chi connectivity index (χ3n) is 5.11. The summed E-state index contributed by atoms with van der Waals surface area (Å²) in [5, 5.41) is 17.1. The van der Waals surface area contributed by atoms with Crippen molar-refractivity contribution in [3.05, 3.63) is 81.5 Å². The Morgan fingerprint density at radius 2 is 1.97 bits per heavy atom. The lowest BCUT2D eigenvalue weighted by Gasteiger charge is -2.25. The first-order valence-electron chi connectivity index (χ1n) is 9.59. The molecule has 1 aliphatic heterocycles. The van der Waals surface area contributed by atoms with Crippen LogP contribution in [0.2, 0.25) is 5.02 Å². The smallest absolute Gasteiger partial charge is 0.244 e.